The molecule has 1 heterocycles. The molecule has 30 heavy (non-hydrogen) atoms. The average Bonchev–Trinajstić information content (AvgIpc) is 3.09. The van der Waals surface area contributed by atoms with E-state index < -0.39 is 0 Å². The minimum absolute atomic E-state index is 0.211. The first-order chi connectivity index (χ1) is 14.6. The lowest BCUT2D eigenvalue weighted by Gasteiger charge is -2.20. The van der Waals surface area contributed by atoms with Crippen molar-refractivity contribution in [3.8, 4) is 11.5 Å². The third kappa shape index (κ3) is 3.86. The van der Waals surface area contributed by atoms with Crippen LogP contribution in [0.4, 0.5) is 5.69 Å². The standard InChI is InChI=1S/C24H19BrN2O3/c1-29-19-10-5-7-16(13-19)14-21-24(28)27(18-9-6-8-17(25)15-18)23(26-21)20-11-3-4-12-22(20)30-2/h3-15H,1-2H3/b21-14+. The van der Waals surface area contributed by atoms with Crippen molar-refractivity contribution in [2.75, 3.05) is 19.1 Å². The smallest absolute Gasteiger partial charge is 0.282 e. The Morgan fingerprint density at radius 1 is 0.933 bits per heavy atom. The zero-order valence-electron chi connectivity index (χ0n) is 16.5. The molecule has 1 amide bonds. The van der Waals surface area contributed by atoms with Crippen LogP contribution in [0.25, 0.3) is 6.08 Å². The van der Waals surface area contributed by atoms with Crippen LogP contribution in [0.2, 0.25) is 0 Å². The third-order valence-corrected chi connectivity index (χ3v) is 5.17. The number of ether oxygens (including phenoxy) is 2. The number of amidine groups is 1. The number of aliphatic imine (C=N–C) groups is 1. The predicted molar refractivity (Wildman–Crippen MR) is 122 cm³/mol. The summed E-state index contributed by atoms with van der Waals surface area (Å²) in [5.41, 5.74) is 2.62. The normalized spacial score (nSPS) is 14.8. The van der Waals surface area contributed by atoms with Gasteiger partial charge in [0.2, 0.25) is 0 Å². The van der Waals surface area contributed by atoms with Crippen LogP contribution in [0.1, 0.15) is 11.1 Å². The number of carbonyl (C=O) groups is 1. The lowest BCUT2D eigenvalue weighted by atomic mass is 10.1. The number of halogens is 1. The highest BCUT2D eigenvalue weighted by Gasteiger charge is 2.33. The van der Waals surface area contributed by atoms with Crippen LogP contribution in [0.5, 0.6) is 11.5 Å². The summed E-state index contributed by atoms with van der Waals surface area (Å²) in [6.07, 6.45) is 1.76. The zero-order valence-corrected chi connectivity index (χ0v) is 18.1. The summed E-state index contributed by atoms with van der Waals surface area (Å²) in [5.74, 6) is 1.67. The Labute approximate surface area is 183 Å². The molecule has 0 aromatic heterocycles. The van der Waals surface area contributed by atoms with Crippen molar-refractivity contribution in [2.24, 2.45) is 4.99 Å². The second kappa shape index (κ2) is 8.55. The van der Waals surface area contributed by atoms with Gasteiger partial charge in [0.15, 0.2) is 5.84 Å². The number of nitrogens with zero attached hydrogens (tertiary/aromatic N) is 2. The van der Waals surface area contributed by atoms with Crippen LogP contribution in [-0.2, 0) is 4.79 Å². The van der Waals surface area contributed by atoms with E-state index in [0.29, 0.717) is 28.7 Å². The molecule has 0 atom stereocenters. The van der Waals surface area contributed by atoms with Gasteiger partial charge >= 0.3 is 0 Å². The maximum absolute atomic E-state index is 13.4. The second-order valence-corrected chi connectivity index (χ2v) is 7.48. The molecule has 3 aromatic carbocycles. The fraction of sp³-hybridized carbons (Fsp3) is 0.0833. The molecule has 3 aromatic rings. The minimum Gasteiger partial charge on any atom is -0.497 e. The van der Waals surface area contributed by atoms with E-state index in [-0.39, 0.29) is 5.91 Å². The molecule has 6 heteroatoms. The van der Waals surface area contributed by atoms with Gasteiger partial charge in [0, 0.05) is 4.47 Å². The van der Waals surface area contributed by atoms with E-state index in [9.17, 15) is 4.79 Å². The van der Waals surface area contributed by atoms with Crippen LogP contribution in [-0.4, -0.2) is 26.0 Å². The lowest BCUT2D eigenvalue weighted by molar-refractivity contribution is -0.113. The van der Waals surface area contributed by atoms with Gasteiger partial charge in [-0.05, 0) is 54.1 Å². The molecule has 5 nitrogen and oxygen atoms in total. The number of rotatable bonds is 5. The van der Waals surface area contributed by atoms with Gasteiger partial charge in [-0.25, -0.2) is 4.99 Å². The number of benzene rings is 3. The highest BCUT2D eigenvalue weighted by Crippen LogP contribution is 2.32. The van der Waals surface area contributed by atoms with Crippen molar-refractivity contribution >= 4 is 39.4 Å². The highest BCUT2D eigenvalue weighted by atomic mass is 79.9. The quantitative estimate of drug-likeness (QED) is 0.483. The summed E-state index contributed by atoms with van der Waals surface area (Å²) in [5, 5.41) is 0. The summed E-state index contributed by atoms with van der Waals surface area (Å²) >= 11 is 3.49. The first-order valence-electron chi connectivity index (χ1n) is 9.28. The molecule has 1 aliphatic heterocycles. The summed E-state index contributed by atoms with van der Waals surface area (Å²) in [6.45, 7) is 0. The maximum Gasteiger partial charge on any atom is 0.282 e. The monoisotopic (exact) mass is 462 g/mol. The Bertz CT molecular complexity index is 1170. The van der Waals surface area contributed by atoms with Crippen molar-refractivity contribution in [2.45, 2.75) is 0 Å². The Balaban J connectivity index is 1.86. The van der Waals surface area contributed by atoms with Crippen molar-refractivity contribution in [3.05, 3.63) is 94.1 Å². The van der Waals surface area contributed by atoms with Gasteiger partial charge in [-0.3, -0.25) is 9.69 Å². The summed E-state index contributed by atoms with van der Waals surface area (Å²) < 4.78 is 11.7. The topological polar surface area (TPSA) is 51.1 Å². The van der Waals surface area contributed by atoms with Crippen molar-refractivity contribution < 1.29 is 14.3 Å². The van der Waals surface area contributed by atoms with Crippen LogP contribution in [0.15, 0.2) is 88.0 Å². The van der Waals surface area contributed by atoms with Gasteiger partial charge in [0.05, 0.1) is 25.5 Å². The Morgan fingerprint density at radius 3 is 2.50 bits per heavy atom. The third-order valence-electron chi connectivity index (χ3n) is 4.67. The van der Waals surface area contributed by atoms with Crippen LogP contribution in [0, 0.1) is 0 Å². The van der Waals surface area contributed by atoms with E-state index >= 15 is 0 Å². The molecule has 0 unspecified atom stereocenters. The fourth-order valence-electron chi connectivity index (χ4n) is 3.27. The first-order valence-corrected chi connectivity index (χ1v) is 10.1. The number of anilines is 1. The SMILES string of the molecule is COc1cccc(/C=C2/N=C(c3ccccc3OC)N(c3cccc(Br)c3)C2=O)c1. The van der Waals surface area contributed by atoms with E-state index in [1.165, 1.54) is 0 Å². The van der Waals surface area contributed by atoms with Gasteiger partial charge in [-0.15, -0.1) is 0 Å². The Morgan fingerprint density at radius 2 is 1.73 bits per heavy atom. The molecule has 1 aliphatic rings. The van der Waals surface area contributed by atoms with Crippen LogP contribution >= 0.6 is 15.9 Å². The largest absolute Gasteiger partial charge is 0.497 e. The zero-order chi connectivity index (χ0) is 21.1. The molecule has 0 radical (unpaired) electrons. The maximum atomic E-state index is 13.4. The molecule has 4 rings (SSSR count). The highest BCUT2D eigenvalue weighted by molar-refractivity contribution is 9.10. The Kier molecular flexibility index (Phi) is 5.68. The molecule has 0 fully saturated rings. The number of para-hydroxylation sites is 1. The van der Waals surface area contributed by atoms with Gasteiger partial charge in [0.25, 0.3) is 5.91 Å². The van der Waals surface area contributed by atoms with Crippen LogP contribution in [0.3, 0.4) is 0 Å². The number of hydrogen-bond donors (Lipinski definition) is 0. The van der Waals surface area contributed by atoms with Gasteiger partial charge in [-0.2, -0.15) is 0 Å². The molecule has 0 N–H and O–H groups in total. The Hall–Kier alpha value is -3.38. The number of amides is 1. The minimum atomic E-state index is -0.211. The first kappa shape index (κ1) is 19.9. The lowest BCUT2D eigenvalue weighted by Crippen LogP contribution is -2.32. The van der Waals surface area contributed by atoms with E-state index in [2.05, 4.69) is 15.9 Å². The molecular formula is C24H19BrN2O3. The fourth-order valence-corrected chi connectivity index (χ4v) is 3.66. The summed E-state index contributed by atoms with van der Waals surface area (Å²) in [6, 6.07) is 22.6. The summed E-state index contributed by atoms with van der Waals surface area (Å²) in [7, 11) is 3.21. The second-order valence-electron chi connectivity index (χ2n) is 6.56. The molecule has 0 bridgehead atoms. The molecule has 0 saturated heterocycles. The molecule has 0 aliphatic carbocycles. The number of methoxy groups -OCH3 is 2. The van der Waals surface area contributed by atoms with Gasteiger partial charge in [0.1, 0.15) is 17.2 Å². The van der Waals surface area contributed by atoms with Crippen molar-refractivity contribution in [1.82, 2.24) is 0 Å². The van der Waals surface area contributed by atoms with E-state index in [4.69, 9.17) is 14.5 Å². The van der Waals surface area contributed by atoms with E-state index in [1.54, 1.807) is 25.2 Å². The molecule has 0 saturated carbocycles. The van der Waals surface area contributed by atoms with Crippen LogP contribution < -0.4 is 14.4 Å². The van der Waals surface area contributed by atoms with Crippen molar-refractivity contribution in [1.29, 1.82) is 0 Å². The van der Waals surface area contributed by atoms with Crippen molar-refractivity contribution in [3.63, 3.8) is 0 Å². The summed E-state index contributed by atoms with van der Waals surface area (Å²) in [4.78, 5) is 19.7. The van der Waals surface area contributed by atoms with E-state index in [1.807, 2.05) is 72.8 Å². The number of hydrogen-bond acceptors (Lipinski definition) is 4. The van der Waals surface area contributed by atoms with E-state index in [0.717, 1.165) is 15.6 Å². The predicted octanol–water partition coefficient (Wildman–Crippen LogP) is 5.30. The van der Waals surface area contributed by atoms with Gasteiger partial charge in [-0.1, -0.05) is 46.3 Å². The number of carbonyl (C=O) groups excluding carboxylic acids is 1. The molecule has 150 valence electrons. The molecule has 0 spiro atoms. The molecular weight excluding hydrogens is 444 g/mol. The average molecular weight is 463 g/mol. The van der Waals surface area contributed by atoms with Gasteiger partial charge < -0.3 is 9.47 Å².